The molecule has 0 bridgehead atoms. The minimum atomic E-state index is -0.622. The first-order chi connectivity index (χ1) is 17.4. The Morgan fingerprint density at radius 1 is 0.972 bits per heavy atom. The normalized spacial score (nSPS) is 11.6. The molecule has 0 spiro atoms. The average molecular weight is 502 g/mol. The lowest BCUT2D eigenvalue weighted by Gasteiger charge is -2.16. The van der Waals surface area contributed by atoms with Gasteiger partial charge in [0.25, 0.3) is 5.69 Å². The molecular formula is C26H23N5O4S. The molecule has 1 aromatic heterocycles. The highest BCUT2D eigenvalue weighted by Gasteiger charge is 2.21. The zero-order valence-electron chi connectivity index (χ0n) is 19.4. The van der Waals surface area contributed by atoms with Crippen molar-refractivity contribution in [3.05, 3.63) is 101 Å². The molecule has 0 saturated carbocycles. The van der Waals surface area contributed by atoms with Crippen LogP contribution in [-0.4, -0.2) is 43.2 Å². The van der Waals surface area contributed by atoms with Crippen molar-refractivity contribution in [2.24, 2.45) is 0 Å². The molecule has 0 radical (unpaired) electrons. The van der Waals surface area contributed by atoms with Crippen molar-refractivity contribution in [3.8, 4) is 17.1 Å². The van der Waals surface area contributed by atoms with Crippen LogP contribution in [0.1, 0.15) is 12.5 Å². The summed E-state index contributed by atoms with van der Waals surface area (Å²) < 4.78 is 1.80. The van der Waals surface area contributed by atoms with E-state index in [9.17, 15) is 19.7 Å². The van der Waals surface area contributed by atoms with Crippen LogP contribution < -0.4 is 5.32 Å². The highest BCUT2D eigenvalue weighted by Crippen LogP contribution is 2.29. The number of non-ortho nitro benzene ring substituents is 1. The summed E-state index contributed by atoms with van der Waals surface area (Å²) in [7, 11) is 0. The zero-order valence-corrected chi connectivity index (χ0v) is 20.2. The lowest BCUT2D eigenvalue weighted by molar-refractivity contribution is -0.384. The van der Waals surface area contributed by atoms with Crippen LogP contribution in [0.25, 0.3) is 17.1 Å². The van der Waals surface area contributed by atoms with Gasteiger partial charge in [0, 0.05) is 23.4 Å². The minimum Gasteiger partial charge on any atom is -0.345 e. The number of hydrogen-bond donors (Lipinski definition) is 1. The third-order valence-corrected chi connectivity index (χ3v) is 6.35. The van der Waals surface area contributed by atoms with Gasteiger partial charge in [0.2, 0.25) is 5.91 Å². The maximum atomic E-state index is 12.7. The highest BCUT2D eigenvalue weighted by atomic mass is 32.2. The Morgan fingerprint density at radius 2 is 1.61 bits per heavy atom. The van der Waals surface area contributed by atoms with Gasteiger partial charge in [-0.05, 0) is 43.2 Å². The molecule has 0 aliphatic rings. The van der Waals surface area contributed by atoms with Gasteiger partial charge in [-0.2, -0.15) is 0 Å². The largest absolute Gasteiger partial charge is 0.345 e. The second-order valence-corrected chi connectivity index (χ2v) is 8.93. The van der Waals surface area contributed by atoms with Crippen LogP contribution in [0.2, 0.25) is 0 Å². The molecule has 4 aromatic rings. The number of para-hydroxylation sites is 1. The molecule has 1 N–H and O–H groups in total. The molecule has 1 heterocycles. The molecule has 1 atom stereocenters. The van der Waals surface area contributed by atoms with Crippen molar-refractivity contribution in [1.82, 2.24) is 20.1 Å². The maximum Gasteiger partial charge on any atom is 0.269 e. The molecule has 36 heavy (non-hydrogen) atoms. The van der Waals surface area contributed by atoms with Crippen LogP contribution in [0.4, 0.5) is 5.69 Å². The van der Waals surface area contributed by atoms with Crippen molar-refractivity contribution in [3.63, 3.8) is 0 Å². The van der Waals surface area contributed by atoms with Gasteiger partial charge in [-0.15, -0.1) is 10.2 Å². The van der Waals surface area contributed by atoms with Crippen LogP contribution in [0.15, 0.2) is 90.1 Å². The van der Waals surface area contributed by atoms with Gasteiger partial charge in [0.05, 0.1) is 16.7 Å². The number of nitrogens with one attached hydrogen (secondary N) is 1. The van der Waals surface area contributed by atoms with Crippen LogP contribution >= 0.6 is 11.8 Å². The molecule has 0 saturated heterocycles. The maximum absolute atomic E-state index is 12.7. The van der Waals surface area contributed by atoms with E-state index < -0.39 is 11.0 Å². The molecule has 3 aromatic carbocycles. The first-order valence-corrected chi connectivity index (χ1v) is 12.1. The summed E-state index contributed by atoms with van der Waals surface area (Å²) in [6.07, 6.45) is 0.414. The quantitative estimate of drug-likeness (QED) is 0.196. The summed E-state index contributed by atoms with van der Waals surface area (Å²) in [4.78, 5) is 35.4. The first kappa shape index (κ1) is 24.8. The number of Topliss-reactive ketones (excluding diaryl/α,β-unsaturated/α-hetero) is 1. The Hall–Kier alpha value is -4.31. The van der Waals surface area contributed by atoms with Crippen LogP contribution in [0.3, 0.4) is 0 Å². The van der Waals surface area contributed by atoms with Crippen LogP contribution in [-0.2, 0) is 16.0 Å². The van der Waals surface area contributed by atoms with E-state index in [0.29, 0.717) is 23.0 Å². The smallest absolute Gasteiger partial charge is 0.269 e. The molecular weight excluding hydrogens is 478 g/mol. The van der Waals surface area contributed by atoms with Crippen molar-refractivity contribution < 1.29 is 14.5 Å². The van der Waals surface area contributed by atoms with Gasteiger partial charge >= 0.3 is 0 Å². The van der Waals surface area contributed by atoms with E-state index in [-0.39, 0.29) is 23.1 Å². The van der Waals surface area contributed by atoms with E-state index in [1.54, 1.807) is 16.7 Å². The average Bonchev–Trinajstić information content (AvgIpc) is 3.32. The van der Waals surface area contributed by atoms with Crippen LogP contribution in [0, 0.1) is 10.1 Å². The fourth-order valence-corrected chi connectivity index (χ4v) is 4.37. The summed E-state index contributed by atoms with van der Waals surface area (Å²) in [5.74, 6) is 0.106. The van der Waals surface area contributed by atoms with Gasteiger partial charge in [-0.1, -0.05) is 60.3 Å². The first-order valence-electron chi connectivity index (χ1n) is 11.1. The van der Waals surface area contributed by atoms with Gasteiger partial charge in [-0.25, -0.2) is 0 Å². The van der Waals surface area contributed by atoms with Crippen molar-refractivity contribution in [1.29, 1.82) is 0 Å². The summed E-state index contributed by atoms with van der Waals surface area (Å²) in [6, 6.07) is 24.3. The van der Waals surface area contributed by atoms with E-state index in [1.165, 1.54) is 30.8 Å². The van der Waals surface area contributed by atoms with Gasteiger partial charge < -0.3 is 5.32 Å². The molecule has 4 rings (SSSR count). The Balaban J connectivity index is 1.53. The summed E-state index contributed by atoms with van der Waals surface area (Å²) in [5.41, 5.74) is 2.37. The number of nitro benzene ring substituents is 1. The van der Waals surface area contributed by atoms with E-state index in [4.69, 9.17) is 0 Å². The minimum absolute atomic E-state index is 0.0219. The Morgan fingerprint density at radius 3 is 2.22 bits per heavy atom. The standard InChI is InChI=1S/C26H23N5O4S/c1-18(32)23(16-19-8-4-2-5-9-19)27-24(33)17-36-26-29-28-25(30(26)21-10-6-3-7-11-21)20-12-14-22(15-13-20)31(34)35/h2-15,23H,16-17H2,1H3,(H,27,33). The van der Waals surface area contributed by atoms with Gasteiger partial charge in [-0.3, -0.25) is 24.3 Å². The fraction of sp³-hybridized carbons (Fsp3) is 0.154. The van der Waals surface area contributed by atoms with E-state index >= 15 is 0 Å². The van der Waals surface area contributed by atoms with Crippen molar-refractivity contribution in [2.75, 3.05) is 5.75 Å². The van der Waals surface area contributed by atoms with E-state index in [0.717, 1.165) is 11.3 Å². The highest BCUT2D eigenvalue weighted by molar-refractivity contribution is 7.99. The van der Waals surface area contributed by atoms with E-state index in [1.807, 2.05) is 60.7 Å². The molecule has 9 nitrogen and oxygen atoms in total. The number of amides is 1. The van der Waals surface area contributed by atoms with Crippen molar-refractivity contribution in [2.45, 2.75) is 24.5 Å². The molecule has 182 valence electrons. The Kier molecular flexibility index (Phi) is 7.86. The Bertz CT molecular complexity index is 1360. The van der Waals surface area contributed by atoms with Crippen molar-refractivity contribution >= 4 is 29.1 Å². The topological polar surface area (TPSA) is 120 Å². The summed E-state index contributed by atoms with van der Waals surface area (Å²) in [5, 5.41) is 22.9. The predicted octanol–water partition coefficient (Wildman–Crippen LogP) is 4.25. The number of hydrogen-bond acceptors (Lipinski definition) is 7. The molecule has 10 heteroatoms. The lowest BCUT2D eigenvalue weighted by atomic mass is 10.0. The number of carbonyl (C=O) groups is 2. The number of rotatable bonds is 10. The van der Waals surface area contributed by atoms with Crippen LogP contribution in [0.5, 0.6) is 0 Å². The summed E-state index contributed by atoms with van der Waals surface area (Å²) >= 11 is 1.19. The van der Waals surface area contributed by atoms with E-state index in [2.05, 4.69) is 15.5 Å². The number of ketones is 1. The Labute approximate surface area is 211 Å². The second kappa shape index (κ2) is 11.4. The van der Waals surface area contributed by atoms with Gasteiger partial charge in [0.15, 0.2) is 16.8 Å². The predicted molar refractivity (Wildman–Crippen MR) is 137 cm³/mol. The molecule has 0 fully saturated rings. The lowest BCUT2D eigenvalue weighted by Crippen LogP contribution is -2.42. The monoisotopic (exact) mass is 501 g/mol. The SMILES string of the molecule is CC(=O)C(Cc1ccccc1)NC(=O)CSc1nnc(-c2ccc([N+](=O)[O-])cc2)n1-c1ccccc1. The molecule has 1 unspecified atom stereocenters. The number of aromatic nitrogens is 3. The molecule has 0 aliphatic carbocycles. The number of nitro groups is 1. The zero-order chi connectivity index (χ0) is 25.5. The third-order valence-electron chi connectivity index (χ3n) is 5.43. The number of thioether (sulfide) groups is 1. The third kappa shape index (κ3) is 6.02. The van der Waals surface area contributed by atoms with Gasteiger partial charge in [0.1, 0.15) is 0 Å². The fourth-order valence-electron chi connectivity index (χ4n) is 3.60. The number of benzene rings is 3. The number of nitrogens with zero attached hydrogens (tertiary/aromatic N) is 4. The molecule has 0 aliphatic heterocycles. The summed E-state index contributed by atoms with van der Waals surface area (Å²) in [6.45, 7) is 1.46. The second-order valence-electron chi connectivity index (χ2n) is 7.99. The molecule has 1 amide bonds. The number of carbonyl (C=O) groups excluding carboxylic acids is 2.